The molecule has 19 heavy (non-hydrogen) atoms. The van der Waals surface area contributed by atoms with Gasteiger partial charge in [0.2, 0.25) is 0 Å². The number of thiazole rings is 1. The number of anilines is 1. The van der Waals surface area contributed by atoms with Gasteiger partial charge in [-0.3, -0.25) is 4.79 Å². The molecule has 1 aromatic carbocycles. The lowest BCUT2D eigenvalue weighted by molar-refractivity contribution is 0.0954. The molecule has 0 saturated heterocycles. The number of rotatable bonds is 5. The number of aromatic nitrogens is 1. The number of benzene rings is 1. The topological polar surface area (TPSA) is 54.0 Å². The molecule has 0 fully saturated rings. The number of nitrogens with zero attached hydrogens (tertiary/aromatic N) is 1. The van der Waals surface area contributed by atoms with Crippen LogP contribution in [0.3, 0.4) is 0 Å². The van der Waals surface area contributed by atoms with Gasteiger partial charge in [-0.1, -0.05) is 0 Å². The lowest BCUT2D eigenvalue weighted by Crippen LogP contribution is -2.25. The van der Waals surface area contributed by atoms with Crippen molar-refractivity contribution in [2.45, 2.75) is 13.3 Å². The number of amides is 1. The van der Waals surface area contributed by atoms with Crippen molar-refractivity contribution in [1.82, 2.24) is 10.3 Å². The lowest BCUT2D eigenvalue weighted by atomic mass is 10.1. The first kappa shape index (κ1) is 13.5. The van der Waals surface area contributed by atoms with Crippen molar-refractivity contribution < 1.29 is 4.79 Å². The maximum absolute atomic E-state index is 12.0. The van der Waals surface area contributed by atoms with E-state index >= 15 is 0 Å². The summed E-state index contributed by atoms with van der Waals surface area (Å²) < 4.78 is 0. The van der Waals surface area contributed by atoms with Gasteiger partial charge in [-0.2, -0.15) is 0 Å². The average molecular weight is 275 g/mol. The summed E-state index contributed by atoms with van der Waals surface area (Å²) in [6.07, 6.45) is 2.55. The number of hydrogen-bond donors (Lipinski definition) is 2. The second-order valence-electron chi connectivity index (χ2n) is 4.21. The predicted molar refractivity (Wildman–Crippen MR) is 78.9 cm³/mol. The van der Waals surface area contributed by atoms with E-state index in [4.69, 9.17) is 0 Å². The number of hydrogen-bond acceptors (Lipinski definition) is 4. The highest BCUT2D eigenvalue weighted by Gasteiger charge is 2.07. The van der Waals surface area contributed by atoms with Gasteiger partial charge in [0.1, 0.15) is 0 Å². The Morgan fingerprint density at radius 1 is 1.42 bits per heavy atom. The zero-order chi connectivity index (χ0) is 13.7. The maximum Gasteiger partial charge on any atom is 0.251 e. The molecular formula is C14H17N3OS. The molecule has 100 valence electrons. The van der Waals surface area contributed by atoms with Crippen LogP contribution < -0.4 is 10.6 Å². The Balaban J connectivity index is 1.91. The summed E-state index contributed by atoms with van der Waals surface area (Å²) in [6.45, 7) is 2.59. The Kier molecular flexibility index (Phi) is 4.52. The van der Waals surface area contributed by atoms with Crippen LogP contribution in [0.1, 0.15) is 20.9 Å². The third kappa shape index (κ3) is 3.54. The number of aryl methyl sites for hydroxylation is 1. The quantitative estimate of drug-likeness (QED) is 0.881. The molecule has 4 nitrogen and oxygen atoms in total. The van der Waals surface area contributed by atoms with Crippen LogP contribution in [0, 0.1) is 6.92 Å². The van der Waals surface area contributed by atoms with Gasteiger partial charge in [-0.05, 0) is 30.7 Å². The van der Waals surface area contributed by atoms with E-state index in [0.717, 1.165) is 22.7 Å². The Morgan fingerprint density at radius 2 is 2.26 bits per heavy atom. The fraction of sp³-hybridized carbons (Fsp3) is 0.286. The molecule has 1 heterocycles. The second kappa shape index (κ2) is 6.33. The Bertz CT molecular complexity index is 552. The lowest BCUT2D eigenvalue weighted by Gasteiger charge is -2.08. The molecule has 0 aliphatic rings. The van der Waals surface area contributed by atoms with Crippen molar-refractivity contribution in [3.05, 3.63) is 45.9 Å². The second-order valence-corrected chi connectivity index (χ2v) is 5.19. The van der Waals surface area contributed by atoms with Crippen molar-refractivity contribution >= 4 is 22.9 Å². The first-order valence-electron chi connectivity index (χ1n) is 6.15. The summed E-state index contributed by atoms with van der Waals surface area (Å²) in [4.78, 5) is 16.2. The zero-order valence-corrected chi connectivity index (χ0v) is 11.9. The van der Waals surface area contributed by atoms with Gasteiger partial charge in [0.25, 0.3) is 5.91 Å². The highest BCUT2D eigenvalue weighted by atomic mass is 32.1. The molecule has 2 N–H and O–H groups in total. The van der Waals surface area contributed by atoms with Crippen molar-refractivity contribution in [3.63, 3.8) is 0 Å². The molecule has 0 atom stereocenters. The van der Waals surface area contributed by atoms with E-state index in [9.17, 15) is 4.79 Å². The molecule has 1 amide bonds. The van der Waals surface area contributed by atoms with Gasteiger partial charge in [0.15, 0.2) is 0 Å². The SMILES string of the molecule is CNc1ccc(C(=O)NCCc2nccs2)cc1C. The molecule has 2 rings (SSSR count). The van der Waals surface area contributed by atoms with Crippen LogP contribution in [0.2, 0.25) is 0 Å². The first-order chi connectivity index (χ1) is 9.20. The fourth-order valence-electron chi connectivity index (χ4n) is 1.85. The summed E-state index contributed by atoms with van der Waals surface area (Å²) in [5.41, 5.74) is 2.80. The van der Waals surface area contributed by atoms with E-state index in [1.807, 2.05) is 37.6 Å². The summed E-state index contributed by atoms with van der Waals surface area (Å²) in [7, 11) is 1.87. The third-order valence-corrected chi connectivity index (χ3v) is 3.71. The molecule has 0 bridgehead atoms. The maximum atomic E-state index is 12.0. The van der Waals surface area contributed by atoms with E-state index in [1.165, 1.54) is 0 Å². The van der Waals surface area contributed by atoms with Gasteiger partial charge in [-0.25, -0.2) is 4.98 Å². The highest BCUT2D eigenvalue weighted by molar-refractivity contribution is 7.09. The smallest absolute Gasteiger partial charge is 0.251 e. The van der Waals surface area contributed by atoms with Crippen LogP contribution in [0.4, 0.5) is 5.69 Å². The average Bonchev–Trinajstić information content (AvgIpc) is 2.91. The molecule has 1 aromatic heterocycles. The molecule has 2 aromatic rings. The van der Waals surface area contributed by atoms with Crippen molar-refractivity contribution in [2.75, 3.05) is 18.9 Å². The Morgan fingerprint density at radius 3 is 2.89 bits per heavy atom. The van der Waals surface area contributed by atoms with E-state index in [2.05, 4.69) is 15.6 Å². The molecular weight excluding hydrogens is 258 g/mol. The predicted octanol–water partition coefficient (Wildman–Crippen LogP) is 2.47. The summed E-state index contributed by atoms with van der Waals surface area (Å²) >= 11 is 1.61. The molecule has 0 saturated carbocycles. The fourth-order valence-corrected chi connectivity index (χ4v) is 2.47. The molecule has 0 unspecified atom stereocenters. The largest absolute Gasteiger partial charge is 0.388 e. The summed E-state index contributed by atoms with van der Waals surface area (Å²) in [5, 5.41) is 8.98. The van der Waals surface area contributed by atoms with Crippen LogP contribution in [0.25, 0.3) is 0 Å². The first-order valence-corrected chi connectivity index (χ1v) is 7.03. The van der Waals surface area contributed by atoms with Crippen LogP contribution in [-0.4, -0.2) is 24.5 Å². The standard InChI is InChI=1S/C14H17N3OS/c1-10-9-11(3-4-12(10)15-2)14(18)17-6-5-13-16-7-8-19-13/h3-4,7-9,15H,5-6H2,1-2H3,(H,17,18). The van der Waals surface area contributed by atoms with Gasteiger partial charge in [0, 0.05) is 42.8 Å². The highest BCUT2D eigenvalue weighted by Crippen LogP contribution is 2.15. The van der Waals surface area contributed by atoms with Crippen molar-refractivity contribution in [2.24, 2.45) is 0 Å². The molecule has 0 radical (unpaired) electrons. The normalized spacial score (nSPS) is 10.2. The molecule has 0 aliphatic carbocycles. The van der Waals surface area contributed by atoms with Gasteiger partial charge < -0.3 is 10.6 Å². The van der Waals surface area contributed by atoms with Crippen LogP contribution in [0.15, 0.2) is 29.8 Å². The zero-order valence-electron chi connectivity index (χ0n) is 11.1. The van der Waals surface area contributed by atoms with E-state index in [0.29, 0.717) is 12.1 Å². The summed E-state index contributed by atoms with van der Waals surface area (Å²) in [5.74, 6) is -0.0395. The van der Waals surface area contributed by atoms with Crippen molar-refractivity contribution in [3.8, 4) is 0 Å². The Hall–Kier alpha value is -1.88. The molecule has 0 aliphatic heterocycles. The van der Waals surface area contributed by atoms with E-state index < -0.39 is 0 Å². The molecule has 0 spiro atoms. The number of carbonyl (C=O) groups excluding carboxylic acids is 1. The number of nitrogens with one attached hydrogen (secondary N) is 2. The van der Waals surface area contributed by atoms with Crippen LogP contribution >= 0.6 is 11.3 Å². The van der Waals surface area contributed by atoms with Gasteiger partial charge in [0.05, 0.1) is 5.01 Å². The van der Waals surface area contributed by atoms with Gasteiger partial charge >= 0.3 is 0 Å². The Labute approximate surface area is 116 Å². The summed E-state index contributed by atoms with van der Waals surface area (Å²) in [6, 6.07) is 5.65. The van der Waals surface area contributed by atoms with Crippen molar-refractivity contribution in [1.29, 1.82) is 0 Å². The minimum absolute atomic E-state index is 0.0395. The van der Waals surface area contributed by atoms with Crippen LogP contribution in [-0.2, 0) is 6.42 Å². The van der Waals surface area contributed by atoms with E-state index in [1.54, 1.807) is 17.5 Å². The molecule has 5 heteroatoms. The minimum atomic E-state index is -0.0395. The van der Waals surface area contributed by atoms with Crippen LogP contribution in [0.5, 0.6) is 0 Å². The monoisotopic (exact) mass is 275 g/mol. The minimum Gasteiger partial charge on any atom is -0.388 e. The van der Waals surface area contributed by atoms with E-state index in [-0.39, 0.29) is 5.91 Å². The number of carbonyl (C=O) groups is 1. The van der Waals surface area contributed by atoms with Gasteiger partial charge in [-0.15, -0.1) is 11.3 Å². The third-order valence-electron chi connectivity index (χ3n) is 2.87.